The van der Waals surface area contributed by atoms with Crippen molar-refractivity contribution in [1.29, 1.82) is 0 Å². The number of rotatable bonds is 6. The van der Waals surface area contributed by atoms with Gasteiger partial charge in [0.05, 0.1) is 12.0 Å². The number of nitrogens with zero attached hydrogens (tertiary/aromatic N) is 1. The Morgan fingerprint density at radius 1 is 1.22 bits per heavy atom. The third kappa shape index (κ3) is 4.44. The number of methoxy groups -OCH3 is 1. The summed E-state index contributed by atoms with van der Waals surface area (Å²) in [7, 11) is 1.54. The number of carbonyl (C=O) groups excluding carboxylic acids is 1. The van der Waals surface area contributed by atoms with E-state index in [4.69, 9.17) is 9.47 Å². The van der Waals surface area contributed by atoms with E-state index in [1.54, 1.807) is 38.3 Å². The Kier molecular flexibility index (Phi) is 5.14. The molecule has 1 N–H and O–H groups in total. The van der Waals surface area contributed by atoms with Crippen LogP contribution in [0.1, 0.15) is 5.56 Å². The predicted molar refractivity (Wildman–Crippen MR) is 85.0 cm³/mol. The highest BCUT2D eigenvalue weighted by atomic mass is 16.6. The van der Waals surface area contributed by atoms with Gasteiger partial charge in [0.25, 0.3) is 11.6 Å². The summed E-state index contributed by atoms with van der Waals surface area (Å²) in [6.07, 6.45) is 0. The molecule has 2 rings (SSSR count). The first kappa shape index (κ1) is 16.3. The number of nitro groups is 1. The zero-order valence-corrected chi connectivity index (χ0v) is 12.7. The van der Waals surface area contributed by atoms with Crippen molar-refractivity contribution in [1.82, 2.24) is 0 Å². The fourth-order valence-electron chi connectivity index (χ4n) is 1.97. The van der Waals surface area contributed by atoms with Crippen LogP contribution in [0.4, 0.5) is 11.4 Å². The lowest BCUT2D eigenvalue weighted by Crippen LogP contribution is -2.20. The summed E-state index contributed by atoms with van der Waals surface area (Å²) in [5.41, 5.74) is 1.08. The smallest absolute Gasteiger partial charge is 0.272 e. The standard InChI is InChI=1S/C16H16N2O5/c1-11-8-14(6-7-15(11)18(20)21)23-10-16(19)17-12-4-3-5-13(9-12)22-2/h3-9H,10H2,1-2H3,(H,17,19). The molecule has 0 aliphatic heterocycles. The van der Waals surface area contributed by atoms with Crippen molar-refractivity contribution >= 4 is 17.3 Å². The van der Waals surface area contributed by atoms with E-state index in [2.05, 4.69) is 5.32 Å². The fraction of sp³-hybridized carbons (Fsp3) is 0.188. The van der Waals surface area contributed by atoms with Crippen LogP contribution < -0.4 is 14.8 Å². The Morgan fingerprint density at radius 2 is 2.00 bits per heavy atom. The average Bonchev–Trinajstić information content (AvgIpc) is 2.53. The van der Waals surface area contributed by atoms with E-state index < -0.39 is 4.92 Å². The molecular formula is C16H16N2O5. The number of nitrogens with one attached hydrogen (secondary N) is 1. The zero-order valence-electron chi connectivity index (χ0n) is 12.7. The molecule has 0 aliphatic carbocycles. The van der Waals surface area contributed by atoms with Crippen LogP contribution in [0.25, 0.3) is 0 Å². The number of anilines is 1. The van der Waals surface area contributed by atoms with Crippen LogP contribution in [0, 0.1) is 17.0 Å². The molecule has 0 saturated heterocycles. The molecule has 7 nitrogen and oxygen atoms in total. The van der Waals surface area contributed by atoms with E-state index >= 15 is 0 Å². The number of hydrogen-bond acceptors (Lipinski definition) is 5. The second-order valence-electron chi connectivity index (χ2n) is 4.77. The fourth-order valence-corrected chi connectivity index (χ4v) is 1.97. The largest absolute Gasteiger partial charge is 0.497 e. The molecule has 2 aromatic rings. The predicted octanol–water partition coefficient (Wildman–Crippen LogP) is 2.93. The maximum Gasteiger partial charge on any atom is 0.272 e. The van der Waals surface area contributed by atoms with Crippen LogP contribution in [0.15, 0.2) is 42.5 Å². The Bertz CT molecular complexity index is 730. The highest BCUT2D eigenvalue weighted by Gasteiger charge is 2.11. The lowest BCUT2D eigenvalue weighted by molar-refractivity contribution is -0.385. The van der Waals surface area contributed by atoms with Gasteiger partial charge in [0.15, 0.2) is 6.61 Å². The van der Waals surface area contributed by atoms with Gasteiger partial charge in [-0.15, -0.1) is 0 Å². The van der Waals surface area contributed by atoms with Crippen molar-refractivity contribution < 1.29 is 19.2 Å². The maximum atomic E-state index is 11.9. The number of nitro benzene ring substituents is 1. The average molecular weight is 316 g/mol. The van der Waals surface area contributed by atoms with Crippen molar-refractivity contribution in [3.05, 3.63) is 58.1 Å². The molecule has 23 heavy (non-hydrogen) atoms. The molecule has 0 saturated carbocycles. The topological polar surface area (TPSA) is 90.7 Å². The molecule has 120 valence electrons. The van der Waals surface area contributed by atoms with Crippen molar-refractivity contribution in [2.24, 2.45) is 0 Å². The summed E-state index contributed by atoms with van der Waals surface area (Å²) in [5, 5.41) is 13.4. The van der Waals surface area contributed by atoms with E-state index in [1.807, 2.05) is 0 Å². The van der Waals surface area contributed by atoms with E-state index in [0.717, 1.165) is 0 Å². The second-order valence-corrected chi connectivity index (χ2v) is 4.77. The summed E-state index contributed by atoms with van der Waals surface area (Å²) in [6, 6.07) is 11.3. The number of amides is 1. The third-order valence-corrected chi connectivity index (χ3v) is 3.09. The molecule has 0 fully saturated rings. The number of hydrogen-bond donors (Lipinski definition) is 1. The first-order chi connectivity index (χ1) is 11.0. The van der Waals surface area contributed by atoms with Gasteiger partial charge in [0, 0.05) is 23.4 Å². The van der Waals surface area contributed by atoms with Gasteiger partial charge in [-0.1, -0.05) is 6.07 Å². The molecular weight excluding hydrogens is 300 g/mol. The molecule has 1 amide bonds. The van der Waals surface area contributed by atoms with Crippen molar-refractivity contribution in [3.8, 4) is 11.5 Å². The summed E-state index contributed by atoms with van der Waals surface area (Å²) >= 11 is 0. The molecule has 0 aromatic heterocycles. The molecule has 7 heteroatoms. The minimum Gasteiger partial charge on any atom is -0.497 e. The van der Waals surface area contributed by atoms with E-state index in [9.17, 15) is 14.9 Å². The summed E-state index contributed by atoms with van der Waals surface area (Å²) in [5.74, 6) is 0.692. The van der Waals surface area contributed by atoms with Crippen molar-refractivity contribution in [2.75, 3.05) is 19.0 Å². The van der Waals surface area contributed by atoms with Gasteiger partial charge in [-0.05, 0) is 31.2 Å². The van der Waals surface area contributed by atoms with E-state index in [1.165, 1.54) is 18.2 Å². The highest BCUT2D eigenvalue weighted by molar-refractivity contribution is 5.92. The molecule has 0 unspecified atom stereocenters. The molecule has 0 spiro atoms. The summed E-state index contributed by atoms with van der Waals surface area (Å²) in [6.45, 7) is 1.41. The normalized spacial score (nSPS) is 10.0. The number of benzene rings is 2. The second kappa shape index (κ2) is 7.26. The van der Waals surface area contributed by atoms with Gasteiger partial charge in [-0.2, -0.15) is 0 Å². The molecule has 0 heterocycles. The summed E-state index contributed by atoms with van der Waals surface area (Å²) < 4.78 is 10.4. The van der Waals surface area contributed by atoms with Gasteiger partial charge >= 0.3 is 0 Å². The Morgan fingerprint density at radius 3 is 2.65 bits per heavy atom. The summed E-state index contributed by atoms with van der Waals surface area (Å²) in [4.78, 5) is 22.1. The van der Waals surface area contributed by atoms with Crippen LogP contribution >= 0.6 is 0 Å². The first-order valence-electron chi connectivity index (χ1n) is 6.81. The third-order valence-electron chi connectivity index (χ3n) is 3.09. The highest BCUT2D eigenvalue weighted by Crippen LogP contribution is 2.23. The maximum absolute atomic E-state index is 11.9. The van der Waals surface area contributed by atoms with Crippen LogP contribution in [0.5, 0.6) is 11.5 Å². The minimum atomic E-state index is -0.464. The van der Waals surface area contributed by atoms with Gasteiger partial charge < -0.3 is 14.8 Å². The van der Waals surface area contributed by atoms with Crippen molar-refractivity contribution in [2.45, 2.75) is 6.92 Å². The Balaban J connectivity index is 1.93. The number of ether oxygens (including phenoxy) is 2. The molecule has 0 atom stereocenters. The molecule has 0 bridgehead atoms. The van der Waals surface area contributed by atoms with Crippen LogP contribution in [-0.4, -0.2) is 24.5 Å². The van der Waals surface area contributed by atoms with Gasteiger partial charge in [0.2, 0.25) is 0 Å². The molecule has 2 aromatic carbocycles. The van der Waals surface area contributed by atoms with Gasteiger partial charge in [0.1, 0.15) is 11.5 Å². The molecule has 0 radical (unpaired) electrons. The number of aryl methyl sites for hydroxylation is 1. The number of carbonyl (C=O) groups is 1. The van der Waals surface area contributed by atoms with E-state index in [-0.39, 0.29) is 18.2 Å². The van der Waals surface area contributed by atoms with Crippen LogP contribution in [0.3, 0.4) is 0 Å². The SMILES string of the molecule is COc1cccc(NC(=O)COc2ccc([N+](=O)[O-])c(C)c2)c1. The lowest BCUT2D eigenvalue weighted by atomic mass is 10.2. The van der Waals surface area contributed by atoms with Gasteiger partial charge in [-0.25, -0.2) is 0 Å². The quantitative estimate of drug-likeness (QED) is 0.653. The minimum absolute atomic E-state index is 0.0122. The molecule has 0 aliphatic rings. The Labute approximate surface area is 133 Å². The van der Waals surface area contributed by atoms with Gasteiger partial charge in [-0.3, -0.25) is 14.9 Å². The van der Waals surface area contributed by atoms with Crippen LogP contribution in [0.2, 0.25) is 0 Å². The zero-order chi connectivity index (χ0) is 16.8. The lowest BCUT2D eigenvalue weighted by Gasteiger charge is -2.09. The Hall–Kier alpha value is -3.09. The first-order valence-corrected chi connectivity index (χ1v) is 6.81. The van der Waals surface area contributed by atoms with E-state index in [0.29, 0.717) is 22.7 Å². The van der Waals surface area contributed by atoms with Crippen molar-refractivity contribution in [3.63, 3.8) is 0 Å². The van der Waals surface area contributed by atoms with Crippen LogP contribution in [-0.2, 0) is 4.79 Å². The monoisotopic (exact) mass is 316 g/mol.